The third kappa shape index (κ3) is 2.78. The van der Waals surface area contributed by atoms with E-state index in [2.05, 4.69) is 5.32 Å². The molecule has 1 unspecified atom stereocenters. The number of carbonyl (C=O) groups is 2. The number of esters is 1. The highest BCUT2D eigenvalue weighted by atomic mass is 16.5. The van der Waals surface area contributed by atoms with Crippen molar-refractivity contribution < 1.29 is 28.5 Å². The lowest BCUT2D eigenvalue weighted by atomic mass is 9.80. The molecule has 1 N–H and O–H groups in total. The van der Waals surface area contributed by atoms with Gasteiger partial charge in [-0.1, -0.05) is 0 Å². The monoisotopic (exact) mass is 323 g/mol. The second-order valence-corrected chi connectivity index (χ2v) is 5.44. The molecule has 1 heterocycles. The van der Waals surface area contributed by atoms with Crippen LogP contribution in [-0.4, -0.2) is 45.9 Å². The average molecular weight is 323 g/mol. The lowest BCUT2D eigenvalue weighted by molar-refractivity contribution is -0.148. The molecule has 0 aliphatic carbocycles. The molecule has 1 aliphatic heterocycles. The molecule has 23 heavy (non-hydrogen) atoms. The first-order valence-electron chi connectivity index (χ1n) is 7.10. The van der Waals surface area contributed by atoms with Crippen LogP contribution in [0.4, 0.5) is 0 Å². The van der Waals surface area contributed by atoms with Gasteiger partial charge in [-0.2, -0.15) is 0 Å². The van der Waals surface area contributed by atoms with E-state index in [4.69, 9.17) is 18.9 Å². The van der Waals surface area contributed by atoms with Gasteiger partial charge in [-0.05, 0) is 6.92 Å². The predicted octanol–water partition coefficient (Wildman–Crippen LogP) is 1.25. The molecular formula is C16H21NO6. The molecule has 0 radical (unpaired) electrons. The van der Waals surface area contributed by atoms with Gasteiger partial charge in [0.05, 0.1) is 28.4 Å². The molecule has 0 aromatic heterocycles. The van der Waals surface area contributed by atoms with Crippen LogP contribution in [0.3, 0.4) is 0 Å². The highest BCUT2D eigenvalue weighted by Crippen LogP contribution is 2.47. The lowest BCUT2D eigenvalue weighted by Crippen LogP contribution is -2.50. The summed E-state index contributed by atoms with van der Waals surface area (Å²) in [7, 11) is 5.85. The van der Waals surface area contributed by atoms with E-state index in [0.29, 0.717) is 22.8 Å². The number of benzene rings is 1. The minimum atomic E-state index is -1.19. The zero-order valence-electron chi connectivity index (χ0n) is 13.9. The summed E-state index contributed by atoms with van der Waals surface area (Å²) in [6.45, 7) is 1.64. The van der Waals surface area contributed by atoms with Crippen molar-refractivity contribution in [1.82, 2.24) is 5.32 Å². The van der Waals surface area contributed by atoms with Gasteiger partial charge < -0.3 is 24.3 Å². The van der Waals surface area contributed by atoms with Crippen LogP contribution in [-0.2, 0) is 14.3 Å². The summed E-state index contributed by atoms with van der Waals surface area (Å²) in [6, 6.07) is 3.39. The number of hydrogen-bond acceptors (Lipinski definition) is 6. The fourth-order valence-electron chi connectivity index (χ4n) is 2.99. The summed E-state index contributed by atoms with van der Waals surface area (Å²) in [5.41, 5.74) is -0.567. The SMILES string of the molecule is COC(=O)C1(C)NC(=O)C[C@H]1c1c(OC)cc(OC)cc1OC. The predicted molar refractivity (Wildman–Crippen MR) is 82.0 cm³/mol. The van der Waals surface area contributed by atoms with Crippen molar-refractivity contribution in [3.63, 3.8) is 0 Å². The molecule has 0 spiro atoms. The van der Waals surface area contributed by atoms with E-state index in [9.17, 15) is 9.59 Å². The van der Waals surface area contributed by atoms with E-state index in [1.807, 2.05) is 0 Å². The number of nitrogens with one attached hydrogen (secondary N) is 1. The number of rotatable bonds is 5. The molecule has 126 valence electrons. The van der Waals surface area contributed by atoms with E-state index in [-0.39, 0.29) is 12.3 Å². The third-order valence-electron chi connectivity index (χ3n) is 4.20. The summed E-state index contributed by atoms with van der Waals surface area (Å²) in [5, 5.41) is 2.70. The van der Waals surface area contributed by atoms with Crippen LogP contribution >= 0.6 is 0 Å². The molecule has 7 nitrogen and oxygen atoms in total. The average Bonchev–Trinajstić information content (AvgIpc) is 2.87. The van der Waals surface area contributed by atoms with Gasteiger partial charge in [0, 0.05) is 30.0 Å². The van der Waals surface area contributed by atoms with Gasteiger partial charge in [-0.3, -0.25) is 4.79 Å². The van der Waals surface area contributed by atoms with E-state index in [1.165, 1.54) is 28.4 Å². The maximum absolute atomic E-state index is 12.2. The Bertz CT molecular complexity index is 604. The zero-order chi connectivity index (χ0) is 17.2. The first-order chi connectivity index (χ1) is 10.9. The Morgan fingerprint density at radius 3 is 2.13 bits per heavy atom. The van der Waals surface area contributed by atoms with Gasteiger partial charge in [0.25, 0.3) is 0 Å². The first-order valence-corrected chi connectivity index (χ1v) is 7.10. The summed E-state index contributed by atoms with van der Waals surface area (Å²) < 4.78 is 21.0. The van der Waals surface area contributed by atoms with Crippen molar-refractivity contribution >= 4 is 11.9 Å². The second kappa shape index (κ2) is 6.36. The lowest BCUT2D eigenvalue weighted by Gasteiger charge is -2.30. The Hall–Kier alpha value is -2.44. The highest BCUT2D eigenvalue weighted by Gasteiger charge is 2.52. The van der Waals surface area contributed by atoms with E-state index in [1.54, 1.807) is 19.1 Å². The van der Waals surface area contributed by atoms with Crippen molar-refractivity contribution in [3.05, 3.63) is 17.7 Å². The molecule has 1 amide bonds. The first kappa shape index (κ1) is 16.9. The third-order valence-corrected chi connectivity index (χ3v) is 4.20. The minimum Gasteiger partial charge on any atom is -0.496 e. The Kier molecular flexibility index (Phi) is 4.68. The Morgan fingerprint density at radius 1 is 1.13 bits per heavy atom. The molecule has 1 aliphatic rings. The van der Waals surface area contributed by atoms with Crippen LogP contribution in [0.2, 0.25) is 0 Å². The van der Waals surface area contributed by atoms with Gasteiger partial charge in [-0.25, -0.2) is 4.79 Å². The van der Waals surface area contributed by atoms with Crippen molar-refractivity contribution in [2.24, 2.45) is 0 Å². The topological polar surface area (TPSA) is 83.1 Å². The summed E-state index contributed by atoms with van der Waals surface area (Å²) in [5.74, 6) is 0.282. The van der Waals surface area contributed by atoms with Crippen LogP contribution in [0.15, 0.2) is 12.1 Å². The molecule has 0 saturated carbocycles. The van der Waals surface area contributed by atoms with Crippen LogP contribution in [0, 0.1) is 0 Å². The minimum absolute atomic E-state index is 0.130. The maximum Gasteiger partial charge on any atom is 0.331 e. The smallest absolute Gasteiger partial charge is 0.331 e. The van der Waals surface area contributed by atoms with Crippen LogP contribution < -0.4 is 19.5 Å². The maximum atomic E-state index is 12.2. The molecule has 2 rings (SSSR count). The molecule has 0 bridgehead atoms. The standard InChI is InChI=1S/C16H21NO6/c1-16(15(19)23-5)10(8-13(18)17-16)14-11(21-3)6-9(20-2)7-12(14)22-4/h6-7,10H,8H2,1-5H3,(H,17,18)/t10-,16?/m0/s1. The highest BCUT2D eigenvalue weighted by molar-refractivity contribution is 5.94. The number of ether oxygens (including phenoxy) is 4. The van der Waals surface area contributed by atoms with Gasteiger partial charge >= 0.3 is 5.97 Å². The number of methoxy groups -OCH3 is 4. The molecule has 1 aromatic carbocycles. The molecule has 2 atom stereocenters. The zero-order valence-corrected chi connectivity index (χ0v) is 13.9. The fraction of sp³-hybridized carbons (Fsp3) is 0.500. The summed E-state index contributed by atoms with van der Waals surface area (Å²) in [4.78, 5) is 24.2. The van der Waals surface area contributed by atoms with Gasteiger partial charge in [0.1, 0.15) is 22.8 Å². The number of hydrogen-bond donors (Lipinski definition) is 1. The van der Waals surface area contributed by atoms with E-state index in [0.717, 1.165) is 0 Å². The quantitative estimate of drug-likeness (QED) is 0.821. The van der Waals surface area contributed by atoms with Gasteiger partial charge in [-0.15, -0.1) is 0 Å². The molecule has 1 fully saturated rings. The van der Waals surface area contributed by atoms with Gasteiger partial charge in [0.15, 0.2) is 0 Å². The summed E-state index contributed by atoms with van der Waals surface area (Å²) in [6.07, 6.45) is 0.130. The van der Waals surface area contributed by atoms with Crippen LogP contribution in [0.5, 0.6) is 17.2 Å². The normalized spacial score (nSPS) is 23.2. The van der Waals surface area contributed by atoms with Crippen molar-refractivity contribution in [2.75, 3.05) is 28.4 Å². The van der Waals surface area contributed by atoms with Crippen molar-refractivity contribution in [1.29, 1.82) is 0 Å². The molecule has 1 aromatic rings. The molecular weight excluding hydrogens is 302 g/mol. The van der Waals surface area contributed by atoms with E-state index < -0.39 is 17.4 Å². The second-order valence-electron chi connectivity index (χ2n) is 5.44. The largest absolute Gasteiger partial charge is 0.496 e. The Balaban J connectivity index is 2.63. The number of amides is 1. The fourth-order valence-corrected chi connectivity index (χ4v) is 2.99. The Labute approximate surface area is 134 Å². The van der Waals surface area contributed by atoms with Crippen LogP contribution in [0.1, 0.15) is 24.8 Å². The van der Waals surface area contributed by atoms with Crippen LogP contribution in [0.25, 0.3) is 0 Å². The van der Waals surface area contributed by atoms with Crippen molar-refractivity contribution in [2.45, 2.75) is 24.8 Å². The van der Waals surface area contributed by atoms with Crippen molar-refractivity contribution in [3.8, 4) is 17.2 Å². The molecule has 7 heteroatoms. The van der Waals surface area contributed by atoms with E-state index >= 15 is 0 Å². The summed E-state index contributed by atoms with van der Waals surface area (Å²) >= 11 is 0. The molecule has 1 saturated heterocycles. The Morgan fingerprint density at radius 2 is 1.70 bits per heavy atom. The number of carbonyl (C=O) groups excluding carboxylic acids is 2. The van der Waals surface area contributed by atoms with Gasteiger partial charge in [0.2, 0.25) is 5.91 Å².